The first-order valence-corrected chi connectivity index (χ1v) is 13.6. The first kappa shape index (κ1) is 24.7. The van der Waals surface area contributed by atoms with E-state index in [1.807, 2.05) is 36.4 Å². The minimum atomic E-state index is -0.923. The van der Waals surface area contributed by atoms with Crippen LogP contribution in [0.25, 0.3) is 16.8 Å². The van der Waals surface area contributed by atoms with E-state index in [1.165, 1.54) is 18.5 Å². The summed E-state index contributed by atoms with van der Waals surface area (Å²) >= 11 is 0. The van der Waals surface area contributed by atoms with Crippen molar-refractivity contribution < 1.29 is 28.8 Å². The van der Waals surface area contributed by atoms with E-state index in [0.29, 0.717) is 23.0 Å². The zero-order valence-electron chi connectivity index (χ0n) is 22.6. The molecule has 7 nitrogen and oxygen atoms in total. The molecule has 0 spiro atoms. The Morgan fingerprint density at radius 1 is 0.850 bits per heavy atom. The molecule has 7 rings (SSSR count). The van der Waals surface area contributed by atoms with Crippen LogP contribution in [0.5, 0.6) is 28.7 Å². The molecule has 4 aromatic rings. The van der Waals surface area contributed by atoms with Crippen molar-refractivity contribution in [1.29, 1.82) is 0 Å². The van der Waals surface area contributed by atoms with Gasteiger partial charge >= 0.3 is 0 Å². The predicted molar refractivity (Wildman–Crippen MR) is 154 cm³/mol. The molecular formula is C33H31NO6. The molecule has 204 valence electrons. The Morgan fingerprint density at radius 2 is 1.57 bits per heavy atom. The van der Waals surface area contributed by atoms with Crippen molar-refractivity contribution in [2.45, 2.75) is 25.0 Å². The molecule has 4 aromatic carbocycles. The third kappa shape index (κ3) is 3.76. The first-order chi connectivity index (χ1) is 19.6. The molecule has 0 aromatic heterocycles. The van der Waals surface area contributed by atoms with Crippen LogP contribution in [0.3, 0.4) is 0 Å². The topological polar surface area (TPSA) is 69.6 Å². The third-order valence-corrected chi connectivity index (χ3v) is 8.22. The summed E-state index contributed by atoms with van der Waals surface area (Å²) in [4.78, 5) is 2.42. The Kier molecular flexibility index (Phi) is 5.97. The van der Waals surface area contributed by atoms with Crippen LogP contribution < -0.4 is 28.6 Å². The molecule has 3 heterocycles. The van der Waals surface area contributed by atoms with Crippen molar-refractivity contribution in [2.24, 2.45) is 0 Å². The van der Waals surface area contributed by atoms with Crippen LogP contribution in [0.2, 0.25) is 0 Å². The summed E-state index contributed by atoms with van der Waals surface area (Å²) in [5, 5.41) is 12.0. The highest BCUT2D eigenvalue weighted by Gasteiger charge is 2.39. The molecule has 0 radical (unpaired) electrons. The first-order valence-electron chi connectivity index (χ1n) is 13.6. The predicted octanol–water partition coefficient (Wildman–Crippen LogP) is 6.03. The van der Waals surface area contributed by atoms with Gasteiger partial charge in [-0.05, 0) is 60.9 Å². The molecule has 1 N–H and O–H groups in total. The average Bonchev–Trinajstić information content (AvgIpc) is 3.72. The third-order valence-electron chi connectivity index (χ3n) is 8.22. The van der Waals surface area contributed by atoms with Crippen molar-refractivity contribution in [2.75, 3.05) is 39.0 Å². The molecule has 0 aliphatic carbocycles. The van der Waals surface area contributed by atoms with Gasteiger partial charge in [0.15, 0.2) is 17.1 Å². The van der Waals surface area contributed by atoms with Gasteiger partial charge in [-0.25, -0.2) is 0 Å². The van der Waals surface area contributed by atoms with Gasteiger partial charge in [-0.3, -0.25) is 0 Å². The minimum absolute atomic E-state index is 0.122. The number of nitrogens with zero attached hydrogens (tertiary/aromatic N) is 1. The Labute approximate surface area is 233 Å². The molecule has 0 amide bonds. The van der Waals surface area contributed by atoms with Crippen molar-refractivity contribution in [3.8, 4) is 28.7 Å². The van der Waals surface area contributed by atoms with Crippen LogP contribution in [0.1, 0.15) is 35.1 Å². The second-order valence-corrected chi connectivity index (χ2v) is 10.3. The number of aliphatic hydroxyl groups is 1. The van der Waals surface area contributed by atoms with E-state index in [1.54, 1.807) is 14.2 Å². The minimum Gasteiger partial charge on any atom is -0.497 e. The molecule has 3 aliphatic heterocycles. The van der Waals surface area contributed by atoms with Crippen LogP contribution in [-0.4, -0.2) is 39.2 Å². The smallest absolute Gasteiger partial charge is 0.231 e. The number of fused-ring (bicyclic) bond motifs is 4. The maximum Gasteiger partial charge on any atom is 0.231 e. The van der Waals surface area contributed by atoms with Crippen LogP contribution in [-0.2, 0) is 12.2 Å². The average molecular weight is 538 g/mol. The number of methoxy groups -OCH3 is 2. The van der Waals surface area contributed by atoms with E-state index in [-0.39, 0.29) is 13.4 Å². The summed E-state index contributed by atoms with van der Waals surface area (Å²) in [5.41, 5.74) is 3.82. The second kappa shape index (κ2) is 9.68. The van der Waals surface area contributed by atoms with E-state index in [0.717, 1.165) is 51.9 Å². The van der Waals surface area contributed by atoms with Gasteiger partial charge in [0, 0.05) is 46.2 Å². The van der Waals surface area contributed by atoms with Crippen molar-refractivity contribution in [3.63, 3.8) is 0 Å². The van der Waals surface area contributed by atoms with Gasteiger partial charge in [-0.1, -0.05) is 30.3 Å². The van der Waals surface area contributed by atoms with Crippen molar-refractivity contribution in [3.05, 3.63) is 89.0 Å². The van der Waals surface area contributed by atoms with E-state index >= 15 is 0 Å². The number of hydrogen-bond donors (Lipinski definition) is 1. The molecule has 7 heteroatoms. The van der Waals surface area contributed by atoms with Crippen LogP contribution in [0.15, 0.2) is 66.7 Å². The van der Waals surface area contributed by atoms with Crippen LogP contribution in [0.4, 0.5) is 5.69 Å². The molecule has 0 saturated carbocycles. The molecule has 1 fully saturated rings. The fourth-order valence-electron chi connectivity index (χ4n) is 6.13. The van der Waals surface area contributed by atoms with Gasteiger partial charge in [0.05, 0.1) is 20.8 Å². The summed E-state index contributed by atoms with van der Waals surface area (Å²) < 4.78 is 29.9. The molecule has 1 unspecified atom stereocenters. The quantitative estimate of drug-likeness (QED) is 0.322. The summed E-state index contributed by atoms with van der Waals surface area (Å²) in [6, 6.07) is 20.5. The lowest BCUT2D eigenvalue weighted by Crippen LogP contribution is -2.34. The lowest BCUT2D eigenvalue weighted by Gasteiger charge is -2.37. The Bertz CT molecular complexity index is 1610. The molecule has 1 saturated heterocycles. The highest BCUT2D eigenvalue weighted by atomic mass is 16.7. The van der Waals surface area contributed by atoms with Gasteiger partial charge in [0.2, 0.25) is 12.5 Å². The van der Waals surface area contributed by atoms with Gasteiger partial charge in [0.1, 0.15) is 11.5 Å². The van der Waals surface area contributed by atoms with Crippen LogP contribution >= 0.6 is 0 Å². The number of rotatable bonds is 6. The van der Waals surface area contributed by atoms with Gasteiger partial charge in [-0.2, -0.15) is 0 Å². The fraction of sp³-hybridized carbons (Fsp3) is 0.273. The number of ether oxygens (including phenoxy) is 5. The standard InChI is InChI=1S/C33H31NO6/c1-36-25-11-7-23(8-12-25)33(22-5-9-24(10-6-22)34-15-3-4-16-34)14-13-26-21(19-35)17-27-28(30(26)40-33)18-29-32(31(27)37-2)39-20-38-29/h5-14,17-18,35H,3-4,15-16,19-20H2,1-2H3. The SMILES string of the molecule is COc1ccc(C2(c3ccc(N4CCCC4)cc3)C=Cc3c(CO)cc4c(OC)c5c(cc4c3O2)OCO5)cc1. The Hall–Kier alpha value is -4.36. The maximum atomic E-state index is 10.4. The summed E-state index contributed by atoms with van der Waals surface area (Å²) in [6.45, 7) is 2.14. The molecular weight excluding hydrogens is 506 g/mol. The van der Waals surface area contributed by atoms with Gasteiger partial charge in [-0.15, -0.1) is 0 Å². The second-order valence-electron chi connectivity index (χ2n) is 10.3. The molecule has 3 aliphatic rings. The fourth-order valence-corrected chi connectivity index (χ4v) is 6.13. The molecule has 0 bridgehead atoms. The zero-order chi connectivity index (χ0) is 27.3. The largest absolute Gasteiger partial charge is 0.497 e. The maximum absolute atomic E-state index is 10.4. The molecule has 1 atom stereocenters. The van der Waals surface area contributed by atoms with E-state index in [2.05, 4.69) is 41.3 Å². The molecule has 40 heavy (non-hydrogen) atoms. The number of benzene rings is 4. The summed E-state index contributed by atoms with van der Waals surface area (Å²) in [5.74, 6) is 3.15. The van der Waals surface area contributed by atoms with E-state index < -0.39 is 5.60 Å². The number of aliphatic hydroxyl groups excluding tert-OH is 1. The number of hydrogen-bond acceptors (Lipinski definition) is 7. The van der Waals surface area contributed by atoms with Gasteiger partial charge in [0.25, 0.3) is 0 Å². The number of anilines is 1. The Balaban J connectivity index is 1.44. The lowest BCUT2D eigenvalue weighted by molar-refractivity contribution is 0.162. The Morgan fingerprint density at radius 3 is 2.25 bits per heavy atom. The zero-order valence-corrected chi connectivity index (χ0v) is 22.6. The monoisotopic (exact) mass is 537 g/mol. The highest BCUT2D eigenvalue weighted by Crippen LogP contribution is 2.53. The van der Waals surface area contributed by atoms with E-state index in [4.69, 9.17) is 23.7 Å². The normalized spacial score (nSPS) is 19.0. The lowest BCUT2D eigenvalue weighted by atomic mass is 9.82. The summed E-state index contributed by atoms with van der Waals surface area (Å²) in [7, 11) is 3.27. The van der Waals surface area contributed by atoms with Crippen molar-refractivity contribution >= 4 is 22.5 Å². The van der Waals surface area contributed by atoms with Crippen LogP contribution in [0, 0.1) is 0 Å². The van der Waals surface area contributed by atoms with Crippen molar-refractivity contribution in [1.82, 2.24) is 0 Å². The summed E-state index contributed by atoms with van der Waals surface area (Å²) in [6.07, 6.45) is 6.58. The van der Waals surface area contributed by atoms with Gasteiger partial charge < -0.3 is 33.7 Å². The van der Waals surface area contributed by atoms with E-state index in [9.17, 15) is 5.11 Å². The highest BCUT2D eigenvalue weighted by molar-refractivity contribution is 6.01.